The molecule has 1 aliphatic heterocycles. The largest absolute Gasteiger partial charge is 0.292 e. The first-order valence-electron chi connectivity index (χ1n) is 10.1. The van der Waals surface area contributed by atoms with Gasteiger partial charge in [-0.05, 0) is 49.9 Å². The molecule has 27 heavy (non-hydrogen) atoms. The molecule has 140 valence electrons. The average molecular weight is 358 g/mol. The molecule has 3 aromatic rings. The number of likely N-dealkylation sites (tertiary alicyclic amines) is 1. The molecule has 1 nitrogen and oxygen atoms in total. The van der Waals surface area contributed by atoms with Gasteiger partial charge in [0, 0.05) is 0 Å². The Bertz CT molecular complexity index is 720. The summed E-state index contributed by atoms with van der Waals surface area (Å²) >= 11 is 0. The van der Waals surface area contributed by atoms with E-state index >= 15 is 0 Å². The Kier molecular flexibility index (Phi) is 7.24. The molecule has 0 radical (unpaired) electrons. The monoisotopic (exact) mass is 357 g/mol. The lowest BCUT2D eigenvalue weighted by Crippen LogP contribution is -2.36. The van der Waals surface area contributed by atoms with Gasteiger partial charge in [0.25, 0.3) is 0 Å². The van der Waals surface area contributed by atoms with Crippen LogP contribution in [0.3, 0.4) is 0 Å². The van der Waals surface area contributed by atoms with Crippen molar-refractivity contribution in [2.75, 3.05) is 13.1 Å². The smallest absolute Gasteiger partial charge is 0.0601 e. The van der Waals surface area contributed by atoms with Gasteiger partial charge in [0.15, 0.2) is 0 Å². The van der Waals surface area contributed by atoms with E-state index in [9.17, 15) is 0 Å². The molecule has 0 unspecified atom stereocenters. The van der Waals surface area contributed by atoms with E-state index in [4.69, 9.17) is 0 Å². The number of piperidine rings is 1. The molecule has 3 aromatic carbocycles. The topological polar surface area (TPSA) is 3.24 Å². The number of hydrogen-bond acceptors (Lipinski definition) is 1. The molecule has 1 saturated heterocycles. The normalized spacial score (nSPS) is 15.2. The Morgan fingerprint density at radius 3 is 1.44 bits per heavy atom. The van der Waals surface area contributed by atoms with E-state index in [1.54, 1.807) is 0 Å². The zero-order valence-corrected chi connectivity index (χ0v) is 16.6. The summed E-state index contributed by atoms with van der Waals surface area (Å²) in [5.74, 6) is 0.874. The minimum absolute atomic E-state index is 0.407. The van der Waals surface area contributed by atoms with Gasteiger partial charge >= 0.3 is 0 Å². The first kappa shape index (κ1) is 19.4. The summed E-state index contributed by atoms with van der Waals surface area (Å²) in [5, 5.41) is 0. The fourth-order valence-electron chi connectivity index (χ4n) is 3.71. The van der Waals surface area contributed by atoms with Crippen molar-refractivity contribution in [1.29, 1.82) is 0 Å². The number of rotatable bonds is 3. The minimum Gasteiger partial charge on any atom is -0.292 e. The van der Waals surface area contributed by atoms with Gasteiger partial charge in [-0.3, -0.25) is 4.90 Å². The summed E-state index contributed by atoms with van der Waals surface area (Å²) in [5.41, 5.74) is 4.14. The van der Waals surface area contributed by atoms with Crippen molar-refractivity contribution in [3.63, 3.8) is 0 Å². The van der Waals surface area contributed by atoms with Crippen molar-refractivity contribution < 1.29 is 0 Å². The van der Waals surface area contributed by atoms with Crippen LogP contribution in [0.25, 0.3) is 0 Å². The molecular weight excluding hydrogens is 326 g/mol. The Hall–Kier alpha value is -2.38. The summed E-state index contributed by atoms with van der Waals surface area (Å²) in [6.07, 6.45) is 2.63. The maximum Gasteiger partial charge on any atom is 0.0601 e. The van der Waals surface area contributed by atoms with Crippen molar-refractivity contribution in [2.45, 2.75) is 32.7 Å². The van der Waals surface area contributed by atoms with E-state index in [1.807, 2.05) is 18.2 Å². The van der Waals surface area contributed by atoms with Crippen LogP contribution in [0.5, 0.6) is 0 Å². The Balaban J connectivity index is 0.000000253. The van der Waals surface area contributed by atoms with Crippen LogP contribution >= 0.6 is 0 Å². The lowest BCUT2D eigenvalue weighted by molar-refractivity contribution is 0.157. The van der Waals surface area contributed by atoms with Gasteiger partial charge in [-0.1, -0.05) is 103 Å². The van der Waals surface area contributed by atoms with Gasteiger partial charge in [-0.15, -0.1) is 0 Å². The van der Waals surface area contributed by atoms with E-state index in [2.05, 4.69) is 91.5 Å². The third-order valence-electron chi connectivity index (χ3n) is 5.35. The first-order chi connectivity index (χ1) is 13.2. The molecule has 1 aliphatic rings. The molecule has 0 spiro atoms. The quantitative estimate of drug-likeness (QED) is 0.517. The summed E-state index contributed by atoms with van der Waals surface area (Å²) in [6, 6.07) is 32.5. The van der Waals surface area contributed by atoms with Gasteiger partial charge in [0.2, 0.25) is 0 Å². The van der Waals surface area contributed by atoms with Crippen molar-refractivity contribution in [3.8, 4) is 0 Å². The van der Waals surface area contributed by atoms with Crippen LogP contribution in [-0.4, -0.2) is 18.0 Å². The van der Waals surface area contributed by atoms with Gasteiger partial charge < -0.3 is 0 Å². The van der Waals surface area contributed by atoms with Gasteiger partial charge in [0.1, 0.15) is 0 Å². The first-order valence-corrected chi connectivity index (χ1v) is 10.1. The van der Waals surface area contributed by atoms with Crippen molar-refractivity contribution >= 4 is 0 Å². The Morgan fingerprint density at radius 2 is 1.07 bits per heavy atom. The second-order valence-electron chi connectivity index (χ2n) is 7.60. The second kappa shape index (κ2) is 10.1. The number of aryl methyl sites for hydroxylation is 1. The van der Waals surface area contributed by atoms with Crippen LogP contribution in [0, 0.1) is 12.8 Å². The zero-order valence-electron chi connectivity index (χ0n) is 16.6. The van der Waals surface area contributed by atoms with Crippen LogP contribution < -0.4 is 0 Å². The Morgan fingerprint density at radius 1 is 0.667 bits per heavy atom. The lowest BCUT2D eigenvalue weighted by atomic mass is 9.92. The molecule has 0 aliphatic carbocycles. The SMILES string of the molecule is CC1CCN(C(c2ccccc2)c2ccccc2)CC1.Cc1ccccc1. The molecule has 1 heteroatoms. The summed E-state index contributed by atoms with van der Waals surface area (Å²) in [4.78, 5) is 2.64. The highest BCUT2D eigenvalue weighted by atomic mass is 15.2. The van der Waals surface area contributed by atoms with Crippen molar-refractivity contribution in [2.24, 2.45) is 5.92 Å². The molecule has 0 saturated carbocycles. The molecule has 4 rings (SSSR count). The van der Waals surface area contributed by atoms with Crippen LogP contribution in [0.1, 0.15) is 42.5 Å². The molecule has 0 N–H and O–H groups in total. The zero-order chi connectivity index (χ0) is 18.9. The van der Waals surface area contributed by atoms with Crippen molar-refractivity contribution in [1.82, 2.24) is 4.90 Å². The predicted octanol–water partition coefficient (Wildman–Crippen LogP) is 6.50. The maximum atomic E-state index is 2.64. The Labute approximate surface area is 164 Å². The van der Waals surface area contributed by atoms with E-state index in [1.165, 1.54) is 42.6 Å². The van der Waals surface area contributed by atoms with Crippen LogP contribution in [0.15, 0.2) is 91.0 Å². The highest BCUT2D eigenvalue weighted by Crippen LogP contribution is 2.31. The van der Waals surface area contributed by atoms with Gasteiger partial charge in [-0.25, -0.2) is 0 Å². The number of benzene rings is 3. The molecule has 1 heterocycles. The number of nitrogens with zero attached hydrogens (tertiary/aromatic N) is 1. The summed E-state index contributed by atoms with van der Waals surface area (Å²) < 4.78 is 0. The van der Waals surface area contributed by atoms with Crippen molar-refractivity contribution in [3.05, 3.63) is 108 Å². The van der Waals surface area contributed by atoms with Crippen LogP contribution in [0.2, 0.25) is 0 Å². The summed E-state index contributed by atoms with van der Waals surface area (Å²) in [7, 11) is 0. The minimum atomic E-state index is 0.407. The number of hydrogen-bond donors (Lipinski definition) is 0. The average Bonchev–Trinajstić information content (AvgIpc) is 2.72. The molecule has 0 aromatic heterocycles. The van der Waals surface area contributed by atoms with E-state index < -0.39 is 0 Å². The van der Waals surface area contributed by atoms with E-state index in [-0.39, 0.29) is 0 Å². The van der Waals surface area contributed by atoms with Gasteiger partial charge in [0.05, 0.1) is 6.04 Å². The molecule has 1 fully saturated rings. The lowest BCUT2D eigenvalue weighted by Gasteiger charge is -2.37. The third-order valence-corrected chi connectivity index (χ3v) is 5.35. The maximum absolute atomic E-state index is 2.64. The standard InChI is InChI=1S/C19H23N.C7H8/c1-16-12-14-20(15-13-16)19(17-8-4-2-5-9-17)18-10-6-3-7-11-18;1-7-5-3-2-4-6-7/h2-11,16,19H,12-15H2,1H3;2-6H,1H3. The van der Waals surface area contributed by atoms with Crippen LogP contribution in [0.4, 0.5) is 0 Å². The fourth-order valence-corrected chi connectivity index (χ4v) is 3.71. The van der Waals surface area contributed by atoms with Crippen LogP contribution in [-0.2, 0) is 0 Å². The highest BCUT2D eigenvalue weighted by molar-refractivity contribution is 5.31. The fraction of sp³-hybridized carbons (Fsp3) is 0.308. The summed E-state index contributed by atoms with van der Waals surface area (Å²) in [6.45, 7) is 6.86. The predicted molar refractivity (Wildman–Crippen MR) is 116 cm³/mol. The highest BCUT2D eigenvalue weighted by Gasteiger charge is 2.25. The molecule has 0 amide bonds. The second-order valence-corrected chi connectivity index (χ2v) is 7.60. The molecule has 0 bridgehead atoms. The molecular formula is C26H31N. The van der Waals surface area contributed by atoms with Gasteiger partial charge in [-0.2, -0.15) is 0 Å². The molecule has 0 atom stereocenters. The van der Waals surface area contributed by atoms with E-state index in [0.29, 0.717) is 6.04 Å². The third kappa shape index (κ3) is 5.80. The van der Waals surface area contributed by atoms with E-state index in [0.717, 1.165) is 5.92 Å².